The number of urea groups is 1. The molecule has 4 rings (SSSR count). The number of nitrogens with one attached hydrogen (secondary N) is 1. The summed E-state index contributed by atoms with van der Waals surface area (Å²) in [5, 5.41) is 2.73. The average molecular weight is 356 g/mol. The molecule has 1 saturated heterocycles. The van der Waals surface area contributed by atoms with Crippen molar-refractivity contribution in [1.29, 1.82) is 0 Å². The first-order valence-electron chi connectivity index (χ1n) is 8.22. The van der Waals surface area contributed by atoms with Crippen molar-refractivity contribution in [2.75, 3.05) is 6.79 Å². The summed E-state index contributed by atoms with van der Waals surface area (Å²) in [5.74, 6) is 0.439. The van der Waals surface area contributed by atoms with Crippen LogP contribution in [-0.2, 0) is 17.8 Å². The van der Waals surface area contributed by atoms with E-state index < -0.39 is 17.4 Å². The quantitative estimate of drug-likeness (QED) is 0.855. The summed E-state index contributed by atoms with van der Waals surface area (Å²) in [7, 11) is 0. The molecule has 1 unspecified atom stereocenters. The summed E-state index contributed by atoms with van der Waals surface area (Å²) < 4.78 is 24.5. The number of fused-ring (bicyclic) bond motifs is 1. The molecule has 1 N–H and O–H groups in total. The van der Waals surface area contributed by atoms with Crippen LogP contribution in [0, 0.1) is 5.82 Å². The van der Waals surface area contributed by atoms with Crippen molar-refractivity contribution in [1.82, 2.24) is 10.2 Å². The van der Waals surface area contributed by atoms with Crippen LogP contribution in [0.4, 0.5) is 9.18 Å². The first-order valence-corrected chi connectivity index (χ1v) is 8.22. The fourth-order valence-electron chi connectivity index (χ4n) is 3.27. The Labute approximate surface area is 149 Å². The largest absolute Gasteiger partial charge is 0.454 e. The van der Waals surface area contributed by atoms with Crippen molar-refractivity contribution in [2.24, 2.45) is 0 Å². The number of hydrogen-bond donors (Lipinski definition) is 1. The van der Waals surface area contributed by atoms with Crippen LogP contribution in [0.3, 0.4) is 0 Å². The predicted molar refractivity (Wildman–Crippen MR) is 90.2 cm³/mol. The topological polar surface area (TPSA) is 67.9 Å². The monoisotopic (exact) mass is 356 g/mol. The molecule has 2 heterocycles. The molecule has 3 amide bonds. The lowest BCUT2D eigenvalue weighted by Crippen LogP contribution is -2.45. The van der Waals surface area contributed by atoms with E-state index in [1.165, 1.54) is 6.07 Å². The molecular weight excluding hydrogens is 339 g/mol. The molecule has 0 aliphatic carbocycles. The molecule has 0 bridgehead atoms. The first kappa shape index (κ1) is 16.4. The van der Waals surface area contributed by atoms with Crippen LogP contribution in [-0.4, -0.2) is 29.2 Å². The third-order valence-corrected chi connectivity index (χ3v) is 4.63. The van der Waals surface area contributed by atoms with Gasteiger partial charge in [-0.3, -0.25) is 9.69 Å². The molecule has 2 aromatic rings. The van der Waals surface area contributed by atoms with E-state index in [9.17, 15) is 14.0 Å². The van der Waals surface area contributed by atoms with Gasteiger partial charge in [0.05, 0.1) is 6.54 Å². The smallest absolute Gasteiger partial charge is 0.325 e. The Morgan fingerprint density at radius 3 is 2.73 bits per heavy atom. The third kappa shape index (κ3) is 2.75. The summed E-state index contributed by atoms with van der Waals surface area (Å²) in [4.78, 5) is 26.2. The maximum Gasteiger partial charge on any atom is 0.325 e. The van der Waals surface area contributed by atoms with Crippen LogP contribution >= 0.6 is 0 Å². The molecule has 2 aliphatic heterocycles. The Morgan fingerprint density at radius 1 is 1.15 bits per heavy atom. The van der Waals surface area contributed by atoms with E-state index in [-0.39, 0.29) is 19.2 Å². The Balaban J connectivity index is 1.54. The maximum absolute atomic E-state index is 13.9. The molecule has 0 aromatic heterocycles. The highest BCUT2D eigenvalue weighted by molar-refractivity contribution is 6.06. The number of nitrogens with zero attached hydrogens (tertiary/aromatic N) is 1. The molecule has 26 heavy (non-hydrogen) atoms. The van der Waals surface area contributed by atoms with Crippen LogP contribution in [0.2, 0.25) is 0 Å². The van der Waals surface area contributed by atoms with Crippen LogP contribution in [0.15, 0.2) is 42.5 Å². The Morgan fingerprint density at radius 2 is 1.92 bits per heavy atom. The highest BCUT2D eigenvalue weighted by Gasteiger charge is 2.47. The normalized spacial score (nSPS) is 21.2. The number of hydrogen-bond acceptors (Lipinski definition) is 4. The summed E-state index contributed by atoms with van der Waals surface area (Å²) in [6.07, 6.45) is 0.294. The highest BCUT2D eigenvalue weighted by Crippen LogP contribution is 2.34. The zero-order valence-electron chi connectivity index (χ0n) is 14.1. The lowest BCUT2D eigenvalue weighted by molar-refractivity contribution is -0.131. The SMILES string of the molecule is CC1(Cc2ccc3c(c2)OCO3)NC(=O)N(Cc2ccccc2F)C1=O. The number of imide groups is 1. The highest BCUT2D eigenvalue weighted by atomic mass is 19.1. The number of carbonyl (C=O) groups is 2. The van der Waals surface area contributed by atoms with E-state index in [1.54, 1.807) is 37.3 Å². The fourth-order valence-corrected chi connectivity index (χ4v) is 3.27. The van der Waals surface area contributed by atoms with Crippen LogP contribution in [0.25, 0.3) is 0 Å². The van der Waals surface area contributed by atoms with E-state index in [0.29, 0.717) is 23.5 Å². The van der Waals surface area contributed by atoms with Gasteiger partial charge in [-0.25, -0.2) is 9.18 Å². The Kier molecular flexibility index (Phi) is 3.79. The van der Waals surface area contributed by atoms with Gasteiger partial charge in [-0.05, 0) is 30.7 Å². The van der Waals surface area contributed by atoms with E-state index >= 15 is 0 Å². The second kappa shape index (κ2) is 6.01. The third-order valence-electron chi connectivity index (χ3n) is 4.63. The molecular formula is C19H17FN2O4. The van der Waals surface area contributed by atoms with Crippen molar-refractivity contribution in [3.8, 4) is 11.5 Å². The number of carbonyl (C=O) groups excluding carboxylic acids is 2. The van der Waals surface area contributed by atoms with Crippen LogP contribution in [0.5, 0.6) is 11.5 Å². The number of ether oxygens (including phenoxy) is 2. The van der Waals surface area contributed by atoms with E-state index in [4.69, 9.17) is 9.47 Å². The van der Waals surface area contributed by atoms with Gasteiger partial charge < -0.3 is 14.8 Å². The molecule has 1 fully saturated rings. The molecule has 7 heteroatoms. The lowest BCUT2D eigenvalue weighted by Gasteiger charge is -2.22. The summed E-state index contributed by atoms with van der Waals surface area (Å²) in [6.45, 7) is 1.73. The van der Waals surface area contributed by atoms with E-state index in [1.807, 2.05) is 6.07 Å². The van der Waals surface area contributed by atoms with Crippen molar-refractivity contribution in [3.05, 3.63) is 59.4 Å². The van der Waals surface area contributed by atoms with Crippen molar-refractivity contribution < 1.29 is 23.5 Å². The average Bonchev–Trinajstić information content (AvgIpc) is 3.15. The zero-order chi connectivity index (χ0) is 18.3. The van der Waals surface area contributed by atoms with Crippen molar-refractivity contribution in [3.63, 3.8) is 0 Å². The molecule has 1 atom stereocenters. The van der Waals surface area contributed by atoms with Gasteiger partial charge in [-0.15, -0.1) is 0 Å². The van der Waals surface area contributed by atoms with Gasteiger partial charge in [0.2, 0.25) is 6.79 Å². The molecule has 2 aromatic carbocycles. The molecule has 134 valence electrons. The Bertz CT molecular complexity index is 901. The number of benzene rings is 2. The second-order valence-electron chi connectivity index (χ2n) is 6.61. The molecule has 2 aliphatic rings. The minimum atomic E-state index is -1.10. The fraction of sp³-hybridized carbons (Fsp3) is 0.263. The second-order valence-corrected chi connectivity index (χ2v) is 6.61. The molecule has 0 radical (unpaired) electrons. The molecule has 0 saturated carbocycles. The van der Waals surface area contributed by atoms with Gasteiger partial charge in [0.25, 0.3) is 5.91 Å². The summed E-state index contributed by atoms with van der Waals surface area (Å²) >= 11 is 0. The van der Waals surface area contributed by atoms with Crippen LogP contribution in [0.1, 0.15) is 18.1 Å². The van der Waals surface area contributed by atoms with Crippen LogP contribution < -0.4 is 14.8 Å². The van der Waals surface area contributed by atoms with Gasteiger partial charge in [0, 0.05) is 12.0 Å². The first-order chi connectivity index (χ1) is 12.5. The van der Waals surface area contributed by atoms with Gasteiger partial charge in [0.15, 0.2) is 11.5 Å². The van der Waals surface area contributed by atoms with Crippen molar-refractivity contribution in [2.45, 2.75) is 25.4 Å². The molecule has 0 spiro atoms. The lowest BCUT2D eigenvalue weighted by atomic mass is 9.92. The zero-order valence-corrected chi connectivity index (χ0v) is 14.1. The maximum atomic E-state index is 13.9. The minimum absolute atomic E-state index is 0.103. The summed E-state index contributed by atoms with van der Waals surface area (Å²) in [6, 6.07) is 11.0. The minimum Gasteiger partial charge on any atom is -0.454 e. The van der Waals surface area contributed by atoms with Gasteiger partial charge in [0.1, 0.15) is 11.4 Å². The molecule has 6 nitrogen and oxygen atoms in total. The van der Waals surface area contributed by atoms with Gasteiger partial charge in [-0.1, -0.05) is 24.3 Å². The predicted octanol–water partition coefficient (Wildman–Crippen LogP) is 2.61. The van der Waals surface area contributed by atoms with Crippen molar-refractivity contribution >= 4 is 11.9 Å². The number of rotatable bonds is 4. The Hall–Kier alpha value is -3.09. The van der Waals surface area contributed by atoms with E-state index in [2.05, 4.69) is 5.32 Å². The van der Waals surface area contributed by atoms with E-state index in [0.717, 1.165) is 10.5 Å². The summed E-state index contributed by atoms with van der Waals surface area (Å²) in [5.41, 5.74) is 0.0252. The number of halogens is 1. The van der Waals surface area contributed by atoms with Gasteiger partial charge in [-0.2, -0.15) is 0 Å². The standard InChI is InChI=1S/C19H17FN2O4/c1-19(9-12-6-7-15-16(8-12)26-11-25-15)17(23)22(18(24)21-19)10-13-4-2-3-5-14(13)20/h2-8H,9-11H2,1H3,(H,21,24). The van der Waals surface area contributed by atoms with Gasteiger partial charge >= 0.3 is 6.03 Å². The number of amides is 3.